The third-order valence-corrected chi connectivity index (χ3v) is 10.4. The molecule has 0 unspecified atom stereocenters. The van der Waals surface area contributed by atoms with E-state index in [1.165, 1.54) is 0 Å². The number of hydrogen-bond donors (Lipinski definition) is 0. The number of benzene rings is 7. The normalized spacial score (nSPS) is 11.7. The van der Waals surface area contributed by atoms with Crippen molar-refractivity contribution in [2.45, 2.75) is 0 Å². The van der Waals surface area contributed by atoms with Gasteiger partial charge in [0.2, 0.25) is 0 Å². The summed E-state index contributed by atoms with van der Waals surface area (Å²) in [6.45, 7) is 0. The summed E-state index contributed by atoms with van der Waals surface area (Å²) in [6, 6.07) is 63.1. The number of pyridine rings is 2. The van der Waals surface area contributed by atoms with Gasteiger partial charge in [0.05, 0.1) is 33.5 Å². The second-order valence-corrected chi connectivity index (χ2v) is 13.6. The van der Waals surface area contributed by atoms with Gasteiger partial charge in [-0.2, -0.15) is 0 Å². The molecule has 0 bridgehead atoms. The van der Waals surface area contributed by atoms with Crippen molar-refractivity contribution in [2.24, 2.45) is 0 Å². The predicted octanol–water partition coefficient (Wildman–Crippen LogP) is 12.7. The van der Waals surface area contributed by atoms with Crippen molar-refractivity contribution in [1.82, 2.24) is 19.5 Å². The lowest BCUT2D eigenvalue weighted by atomic mass is 9.97. The molecule has 252 valence electrons. The summed E-state index contributed by atoms with van der Waals surface area (Å²) >= 11 is 0. The Morgan fingerprint density at radius 1 is 0.426 bits per heavy atom. The highest BCUT2D eigenvalue weighted by molar-refractivity contribution is 6.13. The van der Waals surface area contributed by atoms with Gasteiger partial charge in [0, 0.05) is 43.9 Å². The van der Waals surface area contributed by atoms with E-state index >= 15 is 0 Å². The van der Waals surface area contributed by atoms with Crippen LogP contribution in [0.5, 0.6) is 0 Å². The summed E-state index contributed by atoms with van der Waals surface area (Å²) in [6.07, 6.45) is 0. The lowest BCUT2D eigenvalue weighted by Crippen LogP contribution is -1.97. The van der Waals surface area contributed by atoms with Crippen molar-refractivity contribution in [2.75, 3.05) is 0 Å². The first kappa shape index (κ1) is 30.3. The predicted molar refractivity (Wildman–Crippen MR) is 221 cm³/mol. The third-order valence-electron chi connectivity index (χ3n) is 10.4. The van der Waals surface area contributed by atoms with Gasteiger partial charge >= 0.3 is 0 Å². The van der Waals surface area contributed by atoms with Gasteiger partial charge < -0.3 is 4.42 Å². The molecule has 4 heterocycles. The molecule has 0 aliphatic carbocycles. The van der Waals surface area contributed by atoms with Gasteiger partial charge in [-0.15, -0.1) is 0 Å². The molecule has 5 nitrogen and oxygen atoms in total. The number of para-hydroxylation sites is 3. The molecule has 11 rings (SSSR count). The number of imidazole rings is 1. The summed E-state index contributed by atoms with van der Waals surface area (Å²) in [4.78, 5) is 15.4. The van der Waals surface area contributed by atoms with Crippen LogP contribution in [0.1, 0.15) is 0 Å². The van der Waals surface area contributed by atoms with Crippen LogP contribution >= 0.6 is 0 Å². The third kappa shape index (κ3) is 4.90. The zero-order chi connectivity index (χ0) is 35.6. The number of furan rings is 1. The van der Waals surface area contributed by atoms with Crippen LogP contribution in [0.2, 0.25) is 0 Å². The minimum Gasteiger partial charge on any atom is -0.456 e. The Kier molecular flexibility index (Phi) is 6.79. The lowest BCUT2D eigenvalue weighted by Gasteiger charge is -2.10. The van der Waals surface area contributed by atoms with E-state index in [0.29, 0.717) is 0 Å². The molecule has 0 fully saturated rings. The second kappa shape index (κ2) is 12.1. The summed E-state index contributed by atoms with van der Waals surface area (Å²) < 4.78 is 8.67. The highest BCUT2D eigenvalue weighted by atomic mass is 16.3. The van der Waals surface area contributed by atoms with Crippen molar-refractivity contribution >= 4 is 54.8 Å². The van der Waals surface area contributed by atoms with E-state index in [0.717, 1.165) is 105 Å². The molecule has 4 aromatic heterocycles. The molecule has 0 radical (unpaired) electrons. The average Bonchev–Trinajstić information content (AvgIpc) is 3.83. The maximum atomic E-state index is 6.44. The smallest absolute Gasteiger partial charge is 0.145 e. The monoisotopic (exact) mass is 690 g/mol. The van der Waals surface area contributed by atoms with Gasteiger partial charge in [0.25, 0.3) is 0 Å². The molecule has 0 atom stereocenters. The van der Waals surface area contributed by atoms with Crippen LogP contribution in [0.25, 0.3) is 105 Å². The number of rotatable bonds is 5. The lowest BCUT2D eigenvalue weighted by molar-refractivity contribution is 0.669. The largest absolute Gasteiger partial charge is 0.456 e. The van der Waals surface area contributed by atoms with Crippen molar-refractivity contribution in [1.29, 1.82) is 0 Å². The molecule has 0 spiro atoms. The van der Waals surface area contributed by atoms with Gasteiger partial charge in [0.15, 0.2) is 0 Å². The molecule has 0 saturated heterocycles. The van der Waals surface area contributed by atoms with E-state index in [2.05, 4.69) is 150 Å². The number of hydrogen-bond acceptors (Lipinski definition) is 4. The van der Waals surface area contributed by atoms with E-state index in [1.807, 2.05) is 36.4 Å². The average molecular weight is 691 g/mol. The maximum absolute atomic E-state index is 6.44. The molecule has 0 saturated carbocycles. The zero-order valence-corrected chi connectivity index (χ0v) is 29.0. The Balaban J connectivity index is 1.02. The Bertz CT molecular complexity index is 3200. The fraction of sp³-hybridized carbons (Fsp3) is 0. The maximum Gasteiger partial charge on any atom is 0.145 e. The minimum atomic E-state index is 0.842. The molecule has 5 heteroatoms. The summed E-state index contributed by atoms with van der Waals surface area (Å²) in [5.41, 5.74) is 13.8. The summed E-state index contributed by atoms with van der Waals surface area (Å²) in [5.74, 6) is 0.910. The van der Waals surface area contributed by atoms with E-state index < -0.39 is 0 Å². The van der Waals surface area contributed by atoms with Crippen LogP contribution in [-0.4, -0.2) is 19.5 Å². The van der Waals surface area contributed by atoms with E-state index in [4.69, 9.17) is 19.4 Å². The molecule has 7 aromatic carbocycles. The van der Waals surface area contributed by atoms with E-state index in [1.54, 1.807) is 0 Å². The molecule has 11 aromatic rings. The minimum absolute atomic E-state index is 0.842. The van der Waals surface area contributed by atoms with Gasteiger partial charge in [-0.05, 0) is 71.8 Å². The Morgan fingerprint density at radius 3 is 1.81 bits per heavy atom. The van der Waals surface area contributed by atoms with Crippen LogP contribution in [0.15, 0.2) is 186 Å². The van der Waals surface area contributed by atoms with Crippen molar-refractivity contribution < 1.29 is 4.42 Å². The summed E-state index contributed by atoms with van der Waals surface area (Å²) in [7, 11) is 0. The first-order valence-electron chi connectivity index (χ1n) is 18.1. The van der Waals surface area contributed by atoms with Crippen LogP contribution in [0, 0.1) is 0 Å². The molecule has 0 aliphatic rings. The van der Waals surface area contributed by atoms with Gasteiger partial charge in [-0.1, -0.05) is 121 Å². The van der Waals surface area contributed by atoms with Gasteiger partial charge in [-0.3, -0.25) is 4.57 Å². The highest BCUT2D eigenvalue weighted by Crippen LogP contribution is 2.39. The van der Waals surface area contributed by atoms with Crippen LogP contribution in [-0.2, 0) is 0 Å². The van der Waals surface area contributed by atoms with Crippen LogP contribution < -0.4 is 0 Å². The van der Waals surface area contributed by atoms with Crippen molar-refractivity contribution in [3.8, 4) is 50.7 Å². The first-order chi connectivity index (χ1) is 26.7. The first-order valence-corrected chi connectivity index (χ1v) is 18.1. The van der Waals surface area contributed by atoms with Gasteiger partial charge in [0.1, 0.15) is 17.0 Å². The molecular formula is C49H30N4O. The molecule has 54 heavy (non-hydrogen) atoms. The molecule has 0 aliphatic heterocycles. The Morgan fingerprint density at radius 2 is 1.06 bits per heavy atom. The number of fused-ring (bicyclic) bond motifs is 7. The quantitative estimate of drug-likeness (QED) is 0.169. The van der Waals surface area contributed by atoms with Crippen molar-refractivity contribution in [3.63, 3.8) is 0 Å². The zero-order valence-electron chi connectivity index (χ0n) is 29.0. The second-order valence-electron chi connectivity index (χ2n) is 13.6. The molecule has 0 N–H and O–H groups in total. The number of aromatic nitrogens is 4. The van der Waals surface area contributed by atoms with Crippen molar-refractivity contribution in [3.05, 3.63) is 182 Å². The molecular weight excluding hydrogens is 661 g/mol. The van der Waals surface area contributed by atoms with Crippen LogP contribution in [0.4, 0.5) is 0 Å². The summed E-state index contributed by atoms with van der Waals surface area (Å²) in [5, 5.41) is 4.26. The Labute approximate surface area is 310 Å². The number of nitrogens with zero attached hydrogens (tertiary/aromatic N) is 4. The van der Waals surface area contributed by atoms with Gasteiger partial charge in [-0.25, -0.2) is 15.0 Å². The fourth-order valence-electron chi connectivity index (χ4n) is 7.78. The molecule has 0 amide bonds. The van der Waals surface area contributed by atoms with E-state index in [-0.39, 0.29) is 0 Å². The standard InChI is InChI=1S/C49H30N4O/c1-3-10-32(11-4-1)40-27-24-33-20-21-34-25-28-41(51-48(34)47(33)50-40)36-26-29-44-39(30-36)46-38(14-9-17-45(46)54-44)31-18-22-35(23-19-31)49-52-42-15-7-8-16-43(42)53(49)37-12-5-2-6-13-37/h1-30H. The topological polar surface area (TPSA) is 56.7 Å². The highest BCUT2D eigenvalue weighted by Gasteiger charge is 2.17. The SMILES string of the molecule is c1ccc(-c2ccc3ccc4ccc(-c5ccc6oc7cccc(-c8ccc(-c9nc%10ccccc%10n9-c9ccccc9)cc8)c7c6c5)nc4c3n2)cc1. The Hall–Kier alpha value is -7.37. The van der Waals surface area contributed by atoms with Crippen LogP contribution in [0.3, 0.4) is 0 Å². The fourth-order valence-corrected chi connectivity index (χ4v) is 7.78. The van der Waals surface area contributed by atoms with E-state index in [9.17, 15) is 0 Å².